The van der Waals surface area contributed by atoms with Crippen LogP contribution >= 0.6 is 34.8 Å². The minimum atomic E-state index is -0.471. The third kappa shape index (κ3) is 2.70. The molecule has 20 heavy (non-hydrogen) atoms. The van der Waals surface area contributed by atoms with Crippen LogP contribution in [0.2, 0.25) is 15.1 Å². The number of carbonyl (C=O) groups excluding carboxylic acids is 1. The van der Waals surface area contributed by atoms with Gasteiger partial charge in [0.05, 0.1) is 16.7 Å². The summed E-state index contributed by atoms with van der Waals surface area (Å²) in [5.41, 5.74) is 0.801. The Bertz CT molecular complexity index is 670. The van der Waals surface area contributed by atoms with Crippen molar-refractivity contribution in [1.82, 2.24) is 4.79 Å². The number of nitrogens with two attached hydrogens (primary N) is 1. The molecule has 5 nitrogen and oxygen atoms in total. The van der Waals surface area contributed by atoms with Crippen LogP contribution in [0.4, 0.5) is 0 Å². The molecule has 0 saturated carbocycles. The zero-order valence-corrected chi connectivity index (χ0v) is 12.7. The molecule has 8 heteroatoms. The maximum atomic E-state index is 11.7. The number of hydrogen-bond acceptors (Lipinski definition) is 3. The molecule has 0 bridgehead atoms. The summed E-state index contributed by atoms with van der Waals surface area (Å²) in [6.07, 6.45) is 2.93. The molecule has 1 heterocycles. The predicted molar refractivity (Wildman–Crippen MR) is 77.1 cm³/mol. The summed E-state index contributed by atoms with van der Waals surface area (Å²) in [6, 6.07) is 3.24. The number of ether oxygens (including phenoxy) is 1. The van der Waals surface area contributed by atoms with E-state index in [1.165, 1.54) is 21.9 Å². The van der Waals surface area contributed by atoms with Crippen molar-refractivity contribution in [2.24, 2.45) is 0 Å². The Kier molecular flexibility index (Phi) is 4.42. The average molecular weight is 336 g/mol. The van der Waals surface area contributed by atoms with E-state index in [4.69, 9.17) is 45.4 Å². The molecule has 2 N–H and O–H groups in total. The summed E-state index contributed by atoms with van der Waals surface area (Å²) in [6.45, 7) is 2.00. The van der Waals surface area contributed by atoms with Crippen molar-refractivity contribution in [3.63, 3.8) is 0 Å². The molecule has 2 rings (SSSR count). The quantitative estimate of drug-likeness (QED) is 0.406. The molecular weight excluding hydrogens is 325 g/mol. The van der Waals surface area contributed by atoms with E-state index in [9.17, 15) is 4.79 Å². The highest BCUT2D eigenvalue weighted by Crippen LogP contribution is 2.32. The number of aromatic nitrogens is 2. The van der Waals surface area contributed by atoms with Crippen LogP contribution in [0.1, 0.15) is 17.3 Å². The maximum Gasteiger partial charge on any atom is 0.343 e. The first-order valence-corrected chi connectivity index (χ1v) is 6.79. The van der Waals surface area contributed by atoms with E-state index in [0.29, 0.717) is 16.3 Å². The first-order valence-electron chi connectivity index (χ1n) is 5.66. The van der Waals surface area contributed by atoms with Gasteiger partial charge in [0.15, 0.2) is 5.69 Å². The molecule has 0 saturated heterocycles. The normalized spacial score (nSPS) is 10.6. The van der Waals surface area contributed by atoms with Crippen LogP contribution in [-0.4, -0.2) is 17.4 Å². The Morgan fingerprint density at radius 2 is 2.05 bits per heavy atom. The van der Waals surface area contributed by atoms with Gasteiger partial charge in [0.2, 0.25) is 0 Å². The van der Waals surface area contributed by atoms with Gasteiger partial charge in [-0.25, -0.2) is 10.6 Å². The lowest BCUT2D eigenvalue weighted by atomic mass is 10.3. The van der Waals surface area contributed by atoms with E-state index < -0.39 is 5.97 Å². The summed E-state index contributed by atoms with van der Waals surface area (Å²) >= 11 is 18.0. The fraction of sp³-hybridized carbons (Fsp3) is 0.167. The molecule has 0 fully saturated rings. The summed E-state index contributed by atoms with van der Waals surface area (Å²) in [5.74, 6) is 5.33. The molecule has 0 aliphatic carbocycles. The second kappa shape index (κ2) is 5.91. The monoisotopic (exact) mass is 334 g/mol. The van der Waals surface area contributed by atoms with E-state index in [1.54, 1.807) is 19.1 Å². The molecular formula is C12H11Cl3N3O2+. The van der Waals surface area contributed by atoms with Crippen LogP contribution in [0.3, 0.4) is 0 Å². The molecule has 0 amide bonds. The number of rotatable bonds is 3. The molecule has 0 aliphatic heterocycles. The van der Waals surface area contributed by atoms with Gasteiger partial charge in [0.1, 0.15) is 23.0 Å². The minimum Gasteiger partial charge on any atom is -0.462 e. The smallest absolute Gasteiger partial charge is 0.343 e. The zero-order valence-electron chi connectivity index (χ0n) is 10.4. The summed E-state index contributed by atoms with van der Waals surface area (Å²) < 4.78 is 6.37. The number of carbonyl (C=O) groups is 1. The molecule has 0 unspecified atom stereocenters. The zero-order chi connectivity index (χ0) is 14.9. The highest BCUT2D eigenvalue weighted by atomic mass is 35.5. The standard InChI is InChI=1S/C12H11Cl3N3O2/c1-2-20-12(19)7-5-17(18(16)6-7)9-4-3-8(13)10(14)11(9)15/h3-6H,2,16H2,1H3/q+1. The van der Waals surface area contributed by atoms with Crippen LogP contribution in [0.25, 0.3) is 5.69 Å². The number of nitrogen functional groups attached to an aromatic ring is 1. The molecule has 2 aromatic rings. The van der Waals surface area contributed by atoms with Crippen molar-refractivity contribution in [2.75, 3.05) is 12.4 Å². The Morgan fingerprint density at radius 3 is 2.70 bits per heavy atom. The third-order valence-electron chi connectivity index (χ3n) is 2.55. The van der Waals surface area contributed by atoms with Crippen LogP contribution < -0.4 is 10.5 Å². The van der Waals surface area contributed by atoms with E-state index in [-0.39, 0.29) is 16.7 Å². The number of benzene rings is 1. The number of esters is 1. The fourth-order valence-electron chi connectivity index (χ4n) is 1.64. The number of hydrogen-bond donors (Lipinski definition) is 1. The first kappa shape index (κ1) is 15.0. The lowest BCUT2D eigenvalue weighted by molar-refractivity contribution is -0.678. The topological polar surface area (TPSA) is 61.1 Å². The van der Waals surface area contributed by atoms with Gasteiger partial charge in [-0.05, 0) is 19.1 Å². The van der Waals surface area contributed by atoms with Crippen molar-refractivity contribution in [3.05, 3.63) is 45.2 Å². The average Bonchev–Trinajstić information content (AvgIpc) is 2.79. The Balaban J connectivity index is 2.49. The van der Waals surface area contributed by atoms with E-state index >= 15 is 0 Å². The Hall–Kier alpha value is -1.43. The largest absolute Gasteiger partial charge is 0.462 e. The van der Waals surface area contributed by atoms with Crippen LogP contribution in [-0.2, 0) is 4.74 Å². The molecule has 1 aromatic heterocycles. The predicted octanol–water partition coefficient (Wildman–Crippen LogP) is 2.62. The maximum absolute atomic E-state index is 11.7. The fourth-order valence-corrected chi connectivity index (χ4v) is 2.26. The lowest BCUT2D eigenvalue weighted by Crippen LogP contribution is -2.44. The van der Waals surface area contributed by atoms with Gasteiger partial charge >= 0.3 is 5.97 Å². The molecule has 0 radical (unpaired) electrons. The minimum absolute atomic E-state index is 0.220. The van der Waals surface area contributed by atoms with E-state index in [2.05, 4.69) is 0 Å². The van der Waals surface area contributed by atoms with E-state index in [1.807, 2.05) is 0 Å². The van der Waals surface area contributed by atoms with E-state index in [0.717, 1.165) is 0 Å². The molecule has 0 aliphatic rings. The Labute approximate surface area is 130 Å². The van der Waals surface area contributed by atoms with Crippen molar-refractivity contribution >= 4 is 40.8 Å². The van der Waals surface area contributed by atoms with Crippen LogP contribution in [0.15, 0.2) is 24.5 Å². The lowest BCUT2D eigenvalue weighted by Gasteiger charge is -2.04. The highest BCUT2D eigenvalue weighted by Gasteiger charge is 2.20. The molecule has 0 atom stereocenters. The summed E-state index contributed by atoms with van der Waals surface area (Å²) in [4.78, 5) is 12.9. The third-order valence-corrected chi connectivity index (χ3v) is 3.84. The SMILES string of the molecule is CCOC(=O)c1cn(N)[n+](-c2ccc(Cl)c(Cl)c2Cl)c1. The van der Waals surface area contributed by atoms with Crippen molar-refractivity contribution in [1.29, 1.82) is 0 Å². The Morgan fingerprint density at radius 1 is 1.35 bits per heavy atom. The second-order valence-electron chi connectivity index (χ2n) is 3.85. The van der Waals surface area contributed by atoms with Gasteiger partial charge in [-0.15, -0.1) is 4.68 Å². The van der Waals surface area contributed by atoms with Gasteiger partial charge in [-0.1, -0.05) is 39.6 Å². The van der Waals surface area contributed by atoms with Gasteiger partial charge in [0, 0.05) is 0 Å². The summed E-state index contributed by atoms with van der Waals surface area (Å²) in [5, 5.41) is 0.795. The van der Waals surface area contributed by atoms with Gasteiger partial charge in [-0.3, -0.25) is 0 Å². The summed E-state index contributed by atoms with van der Waals surface area (Å²) in [7, 11) is 0. The number of halogens is 3. The molecule has 1 aromatic carbocycles. The van der Waals surface area contributed by atoms with Gasteiger partial charge < -0.3 is 4.74 Å². The van der Waals surface area contributed by atoms with Crippen molar-refractivity contribution in [2.45, 2.75) is 6.92 Å². The van der Waals surface area contributed by atoms with Gasteiger partial charge in [-0.2, -0.15) is 0 Å². The second-order valence-corrected chi connectivity index (χ2v) is 5.02. The van der Waals surface area contributed by atoms with Crippen molar-refractivity contribution in [3.8, 4) is 5.69 Å². The molecule has 0 spiro atoms. The number of nitrogens with zero attached hydrogens (tertiary/aromatic N) is 2. The highest BCUT2D eigenvalue weighted by molar-refractivity contribution is 6.48. The molecule has 106 valence electrons. The van der Waals surface area contributed by atoms with Crippen molar-refractivity contribution < 1.29 is 14.2 Å². The van der Waals surface area contributed by atoms with Crippen LogP contribution in [0, 0.1) is 0 Å². The van der Waals surface area contributed by atoms with Gasteiger partial charge in [0.25, 0.3) is 0 Å². The first-order chi connectivity index (χ1) is 9.45. The van der Waals surface area contributed by atoms with Crippen LogP contribution in [0.5, 0.6) is 0 Å².